The lowest BCUT2D eigenvalue weighted by molar-refractivity contribution is -0.144. The van der Waals surface area contributed by atoms with Crippen LogP contribution in [0.15, 0.2) is 65.9 Å². The third-order valence-electron chi connectivity index (χ3n) is 6.38. The zero-order valence-electron chi connectivity index (χ0n) is 21.2. The first-order chi connectivity index (χ1) is 18.2. The van der Waals surface area contributed by atoms with E-state index in [-0.39, 0.29) is 31.0 Å². The molecule has 4 rings (SSSR count). The summed E-state index contributed by atoms with van der Waals surface area (Å²) in [4.78, 5) is 36.3. The Morgan fingerprint density at radius 3 is 2.68 bits per heavy atom. The van der Waals surface area contributed by atoms with Gasteiger partial charge in [-0.25, -0.2) is 4.39 Å². The molecular weight excluding hydrogens is 490 g/mol. The normalized spacial score (nSPS) is 17.6. The molecule has 0 saturated carbocycles. The Morgan fingerprint density at radius 2 is 1.95 bits per heavy atom. The number of nitrogens with one attached hydrogen (secondary N) is 2. The van der Waals surface area contributed by atoms with Gasteiger partial charge in [0, 0.05) is 24.4 Å². The number of pyridine rings is 1. The third-order valence-corrected chi connectivity index (χ3v) is 6.38. The highest BCUT2D eigenvalue weighted by Crippen LogP contribution is 2.30. The highest BCUT2D eigenvalue weighted by Gasteiger charge is 2.48. The lowest BCUT2D eigenvalue weighted by atomic mass is 9.74. The average molecular weight is 520 g/mol. The SMILES string of the molecule is CC(C)CC(NC(=O)C1(Cc2cccc(F)c2)CC(CNC(=O)c2nccc3ccccc23)=NO1)B(O)O. The Kier molecular flexibility index (Phi) is 8.38. The highest BCUT2D eigenvalue weighted by molar-refractivity contribution is 6.43. The molecule has 0 fully saturated rings. The predicted octanol–water partition coefficient (Wildman–Crippen LogP) is 2.40. The fourth-order valence-electron chi connectivity index (χ4n) is 4.54. The van der Waals surface area contributed by atoms with Gasteiger partial charge in [-0.3, -0.25) is 14.6 Å². The molecule has 4 N–H and O–H groups in total. The van der Waals surface area contributed by atoms with Gasteiger partial charge in [-0.2, -0.15) is 0 Å². The summed E-state index contributed by atoms with van der Waals surface area (Å²) >= 11 is 0. The van der Waals surface area contributed by atoms with E-state index in [0.717, 1.165) is 5.39 Å². The predicted molar refractivity (Wildman–Crippen MR) is 142 cm³/mol. The van der Waals surface area contributed by atoms with Crippen molar-refractivity contribution >= 4 is 35.4 Å². The van der Waals surface area contributed by atoms with Crippen LogP contribution in [0.1, 0.15) is 42.7 Å². The number of aromatic nitrogens is 1. The smallest absolute Gasteiger partial charge is 0.426 e. The number of rotatable bonds is 10. The second-order valence-electron chi connectivity index (χ2n) is 9.91. The summed E-state index contributed by atoms with van der Waals surface area (Å²) < 4.78 is 13.9. The summed E-state index contributed by atoms with van der Waals surface area (Å²) in [5.74, 6) is -2.33. The maximum absolute atomic E-state index is 13.9. The van der Waals surface area contributed by atoms with Crippen LogP contribution in [0.5, 0.6) is 0 Å². The number of hydrogen-bond donors (Lipinski definition) is 4. The Labute approximate surface area is 220 Å². The standard InChI is InChI=1S/C27H30BFN4O5/c1-17(2)12-23(28(36)37)32-26(35)27(14-18-6-5-8-20(29)13-18)15-21(33-38-27)16-31-25(34)24-22-9-4-3-7-19(22)10-11-30-24/h3-11,13,17,23,36-37H,12,14-16H2,1-2H3,(H,31,34)(H,32,35). The average Bonchev–Trinajstić information content (AvgIpc) is 3.30. The number of amides is 2. The van der Waals surface area contributed by atoms with E-state index in [1.807, 2.05) is 44.2 Å². The molecular formula is C27H30BFN4O5. The van der Waals surface area contributed by atoms with Gasteiger partial charge in [0.15, 0.2) is 0 Å². The van der Waals surface area contributed by atoms with Gasteiger partial charge in [0.05, 0.1) is 18.2 Å². The second kappa shape index (κ2) is 11.7. The van der Waals surface area contributed by atoms with Crippen molar-refractivity contribution in [1.29, 1.82) is 0 Å². The third kappa shape index (κ3) is 6.35. The van der Waals surface area contributed by atoms with E-state index < -0.39 is 36.3 Å². The monoisotopic (exact) mass is 520 g/mol. The zero-order chi connectivity index (χ0) is 27.3. The number of nitrogens with zero attached hydrogens (tertiary/aromatic N) is 2. The van der Waals surface area contributed by atoms with Crippen LogP contribution in [0.2, 0.25) is 0 Å². The maximum Gasteiger partial charge on any atom is 0.475 e. The van der Waals surface area contributed by atoms with E-state index in [9.17, 15) is 24.0 Å². The number of hydrogen-bond acceptors (Lipinski definition) is 7. The molecule has 198 valence electrons. The van der Waals surface area contributed by atoms with Crippen LogP contribution in [-0.4, -0.2) is 57.8 Å². The second-order valence-corrected chi connectivity index (χ2v) is 9.91. The van der Waals surface area contributed by atoms with Crippen LogP contribution in [0.4, 0.5) is 4.39 Å². The van der Waals surface area contributed by atoms with E-state index >= 15 is 0 Å². The first-order valence-electron chi connectivity index (χ1n) is 12.4. The van der Waals surface area contributed by atoms with Gasteiger partial charge in [-0.15, -0.1) is 0 Å². The topological polar surface area (TPSA) is 133 Å². The molecule has 2 atom stereocenters. The Balaban J connectivity index is 1.50. The minimum Gasteiger partial charge on any atom is -0.426 e. The molecule has 38 heavy (non-hydrogen) atoms. The largest absolute Gasteiger partial charge is 0.475 e. The molecule has 2 amide bonds. The number of fused-ring (bicyclic) bond motifs is 1. The van der Waals surface area contributed by atoms with Gasteiger partial charge < -0.3 is 25.5 Å². The Bertz CT molecular complexity index is 1350. The van der Waals surface area contributed by atoms with Crippen molar-refractivity contribution in [3.05, 3.63) is 77.9 Å². The van der Waals surface area contributed by atoms with Crippen molar-refractivity contribution in [3.8, 4) is 0 Å². The van der Waals surface area contributed by atoms with Gasteiger partial charge >= 0.3 is 7.12 Å². The van der Waals surface area contributed by atoms with Crippen molar-refractivity contribution in [3.63, 3.8) is 0 Å². The molecule has 0 radical (unpaired) electrons. The highest BCUT2D eigenvalue weighted by atomic mass is 19.1. The summed E-state index contributed by atoms with van der Waals surface area (Å²) in [5.41, 5.74) is -0.393. The molecule has 9 nitrogen and oxygen atoms in total. The molecule has 0 spiro atoms. The van der Waals surface area contributed by atoms with Gasteiger partial charge in [0.1, 0.15) is 11.5 Å². The molecule has 1 aliphatic heterocycles. The first-order valence-corrected chi connectivity index (χ1v) is 12.4. The fraction of sp³-hybridized carbons (Fsp3) is 0.333. The Morgan fingerprint density at radius 1 is 1.16 bits per heavy atom. The van der Waals surface area contributed by atoms with Gasteiger partial charge in [-0.1, -0.05) is 55.4 Å². The van der Waals surface area contributed by atoms with E-state index in [0.29, 0.717) is 23.1 Å². The van der Waals surface area contributed by atoms with Crippen LogP contribution in [0.3, 0.4) is 0 Å². The summed E-state index contributed by atoms with van der Waals surface area (Å²) in [7, 11) is -1.78. The molecule has 2 heterocycles. The van der Waals surface area contributed by atoms with Crippen LogP contribution in [0, 0.1) is 11.7 Å². The van der Waals surface area contributed by atoms with Crippen molar-refractivity contribution in [1.82, 2.24) is 15.6 Å². The molecule has 0 bridgehead atoms. The molecule has 0 saturated heterocycles. The minimum atomic E-state index is -1.78. The number of carbonyl (C=O) groups excluding carboxylic acids is 2. The lowest BCUT2D eigenvalue weighted by Gasteiger charge is -2.29. The van der Waals surface area contributed by atoms with Crippen molar-refractivity contribution in [2.24, 2.45) is 11.1 Å². The fourth-order valence-corrected chi connectivity index (χ4v) is 4.54. The molecule has 1 aromatic heterocycles. The number of oxime groups is 1. The number of halogens is 1. The van der Waals surface area contributed by atoms with E-state index in [1.165, 1.54) is 18.2 Å². The van der Waals surface area contributed by atoms with Crippen LogP contribution in [0.25, 0.3) is 10.8 Å². The number of carbonyl (C=O) groups is 2. The van der Waals surface area contributed by atoms with Crippen LogP contribution in [-0.2, 0) is 16.1 Å². The quantitative estimate of drug-likeness (QED) is 0.304. The molecule has 2 unspecified atom stereocenters. The van der Waals surface area contributed by atoms with Crippen LogP contribution < -0.4 is 10.6 Å². The molecule has 0 aliphatic carbocycles. The summed E-state index contributed by atoms with van der Waals surface area (Å²) in [6.45, 7) is 3.79. The van der Waals surface area contributed by atoms with Crippen molar-refractivity contribution < 1.29 is 28.9 Å². The minimum absolute atomic E-state index is 0.0000367. The number of benzene rings is 2. The maximum atomic E-state index is 13.9. The van der Waals surface area contributed by atoms with Crippen molar-refractivity contribution in [2.75, 3.05) is 6.54 Å². The molecule has 3 aromatic rings. The molecule has 1 aliphatic rings. The van der Waals surface area contributed by atoms with Gasteiger partial charge in [0.2, 0.25) is 5.60 Å². The van der Waals surface area contributed by atoms with Gasteiger partial charge in [-0.05, 0) is 41.5 Å². The van der Waals surface area contributed by atoms with Gasteiger partial charge in [0.25, 0.3) is 11.8 Å². The molecule has 11 heteroatoms. The van der Waals surface area contributed by atoms with E-state index in [4.69, 9.17) is 4.84 Å². The first kappa shape index (κ1) is 27.2. The lowest BCUT2D eigenvalue weighted by Crippen LogP contribution is -2.56. The summed E-state index contributed by atoms with van der Waals surface area (Å²) in [5, 5.41) is 30.7. The van der Waals surface area contributed by atoms with Crippen LogP contribution >= 0.6 is 0 Å². The summed E-state index contributed by atoms with van der Waals surface area (Å²) in [6.07, 6.45) is 1.87. The van der Waals surface area contributed by atoms with E-state index in [2.05, 4.69) is 20.8 Å². The van der Waals surface area contributed by atoms with E-state index in [1.54, 1.807) is 12.3 Å². The molecule has 2 aromatic carbocycles. The summed E-state index contributed by atoms with van der Waals surface area (Å²) in [6, 6.07) is 15.0. The zero-order valence-corrected chi connectivity index (χ0v) is 21.2. The van der Waals surface area contributed by atoms with Crippen molar-refractivity contribution in [2.45, 2.75) is 44.7 Å². The Hall–Kier alpha value is -3.83.